The zero-order chi connectivity index (χ0) is 16.2. The van der Waals surface area contributed by atoms with Gasteiger partial charge in [0.15, 0.2) is 0 Å². The Labute approximate surface area is 138 Å². The third-order valence-corrected chi connectivity index (χ3v) is 3.84. The smallest absolute Gasteiger partial charge is 0.321 e. The van der Waals surface area contributed by atoms with Crippen LogP contribution in [-0.4, -0.2) is 35.1 Å². The van der Waals surface area contributed by atoms with E-state index in [0.29, 0.717) is 29.5 Å². The summed E-state index contributed by atoms with van der Waals surface area (Å²) in [6.45, 7) is 1.05. The third-order valence-electron chi connectivity index (χ3n) is 3.56. The maximum atomic E-state index is 12.9. The highest BCUT2D eigenvalue weighted by Crippen LogP contribution is 2.25. The van der Waals surface area contributed by atoms with Crippen LogP contribution in [0.2, 0.25) is 5.02 Å². The van der Waals surface area contributed by atoms with Crippen LogP contribution in [0.25, 0.3) is 0 Å². The number of nitrogens with one attached hydrogen (secondary N) is 1. The summed E-state index contributed by atoms with van der Waals surface area (Å²) in [5.74, 6) is 0.222. The van der Waals surface area contributed by atoms with Gasteiger partial charge in [0.05, 0.1) is 6.54 Å². The van der Waals surface area contributed by atoms with Gasteiger partial charge >= 0.3 is 6.03 Å². The van der Waals surface area contributed by atoms with E-state index >= 15 is 0 Å². The van der Waals surface area contributed by atoms with Crippen molar-refractivity contribution in [2.45, 2.75) is 12.5 Å². The zero-order valence-corrected chi connectivity index (χ0v) is 13.0. The number of benzene rings is 1. The monoisotopic (exact) mass is 335 g/mol. The molecule has 3 rings (SSSR count). The van der Waals surface area contributed by atoms with Crippen molar-refractivity contribution < 1.29 is 13.9 Å². The fourth-order valence-electron chi connectivity index (χ4n) is 2.38. The number of halogens is 2. The standard InChI is InChI=1S/C16H15ClFN3O2/c17-14-9-19-7-5-15(14)23-13-6-8-21(10-13)16(22)20-12-3-1-11(18)2-4-12/h1-5,7,9,13H,6,8,10H2,(H,20,22)/t13-/m1/s1. The molecule has 0 saturated carbocycles. The second kappa shape index (κ2) is 6.83. The molecule has 1 aliphatic heterocycles. The average Bonchev–Trinajstić information content (AvgIpc) is 3.01. The summed E-state index contributed by atoms with van der Waals surface area (Å²) in [7, 11) is 0. The Morgan fingerprint density at radius 1 is 1.35 bits per heavy atom. The Morgan fingerprint density at radius 3 is 2.87 bits per heavy atom. The summed E-state index contributed by atoms with van der Waals surface area (Å²) >= 11 is 6.01. The molecule has 0 spiro atoms. The van der Waals surface area contributed by atoms with Crippen molar-refractivity contribution in [3.63, 3.8) is 0 Å². The zero-order valence-electron chi connectivity index (χ0n) is 12.2. The van der Waals surface area contributed by atoms with Gasteiger partial charge < -0.3 is 15.0 Å². The predicted molar refractivity (Wildman–Crippen MR) is 85.3 cm³/mol. The van der Waals surface area contributed by atoms with Gasteiger partial charge in [0, 0.05) is 37.1 Å². The van der Waals surface area contributed by atoms with Crippen molar-refractivity contribution in [1.82, 2.24) is 9.88 Å². The van der Waals surface area contributed by atoms with E-state index < -0.39 is 0 Å². The molecule has 0 radical (unpaired) electrons. The van der Waals surface area contributed by atoms with Crippen LogP contribution in [0.3, 0.4) is 0 Å². The van der Waals surface area contributed by atoms with Crippen molar-refractivity contribution in [3.05, 3.63) is 53.6 Å². The highest BCUT2D eigenvalue weighted by molar-refractivity contribution is 6.31. The van der Waals surface area contributed by atoms with Crippen LogP contribution < -0.4 is 10.1 Å². The number of carbonyl (C=O) groups excluding carboxylic acids is 1. The lowest BCUT2D eigenvalue weighted by Gasteiger charge is -2.18. The van der Waals surface area contributed by atoms with E-state index in [0.717, 1.165) is 6.42 Å². The molecule has 1 N–H and O–H groups in total. The molecule has 2 amide bonds. The normalized spacial score (nSPS) is 17.1. The fraction of sp³-hybridized carbons (Fsp3) is 0.250. The van der Waals surface area contributed by atoms with Gasteiger partial charge in [0.2, 0.25) is 0 Å². The molecule has 1 saturated heterocycles. The molecular weight excluding hydrogens is 321 g/mol. The SMILES string of the molecule is O=C(Nc1ccc(F)cc1)N1CC[C@@H](Oc2ccncc2Cl)C1. The summed E-state index contributed by atoms with van der Waals surface area (Å²) in [6.07, 6.45) is 3.73. The first-order valence-corrected chi connectivity index (χ1v) is 7.57. The summed E-state index contributed by atoms with van der Waals surface area (Å²) < 4.78 is 18.7. The van der Waals surface area contributed by atoms with Crippen molar-refractivity contribution in [2.24, 2.45) is 0 Å². The van der Waals surface area contributed by atoms with Gasteiger partial charge in [0.1, 0.15) is 22.7 Å². The number of anilines is 1. The minimum atomic E-state index is -0.341. The van der Waals surface area contributed by atoms with E-state index in [1.54, 1.807) is 17.2 Å². The fourth-order valence-corrected chi connectivity index (χ4v) is 2.55. The first-order valence-electron chi connectivity index (χ1n) is 7.19. The minimum absolute atomic E-state index is 0.117. The molecule has 0 aliphatic carbocycles. The van der Waals surface area contributed by atoms with Crippen LogP contribution in [-0.2, 0) is 0 Å². The number of aromatic nitrogens is 1. The van der Waals surface area contributed by atoms with Gasteiger partial charge in [0.25, 0.3) is 0 Å². The molecular formula is C16H15ClFN3O2. The number of urea groups is 1. The lowest BCUT2D eigenvalue weighted by molar-refractivity contribution is 0.195. The molecule has 2 heterocycles. The quantitative estimate of drug-likeness (QED) is 0.933. The van der Waals surface area contributed by atoms with Crippen LogP contribution in [0.4, 0.5) is 14.9 Å². The number of rotatable bonds is 3. The van der Waals surface area contributed by atoms with Gasteiger partial charge in [-0.15, -0.1) is 0 Å². The molecule has 1 aliphatic rings. The Hall–Kier alpha value is -2.34. The molecule has 1 aromatic carbocycles. The number of amides is 2. The summed E-state index contributed by atoms with van der Waals surface area (Å²) in [5.41, 5.74) is 0.554. The number of ether oxygens (including phenoxy) is 1. The Balaban J connectivity index is 1.55. The van der Waals surface area contributed by atoms with Crippen molar-refractivity contribution in [2.75, 3.05) is 18.4 Å². The molecule has 0 bridgehead atoms. The number of carbonyl (C=O) groups is 1. The second-order valence-electron chi connectivity index (χ2n) is 5.22. The van der Waals surface area contributed by atoms with Crippen LogP contribution in [0.15, 0.2) is 42.7 Å². The molecule has 1 atom stereocenters. The van der Waals surface area contributed by atoms with Crippen molar-refractivity contribution >= 4 is 23.3 Å². The van der Waals surface area contributed by atoms with Crippen LogP contribution in [0.1, 0.15) is 6.42 Å². The second-order valence-corrected chi connectivity index (χ2v) is 5.62. The number of hydrogen-bond donors (Lipinski definition) is 1. The summed E-state index contributed by atoms with van der Waals surface area (Å²) in [6, 6.07) is 7.11. The maximum absolute atomic E-state index is 12.9. The first-order chi connectivity index (χ1) is 11.1. The highest BCUT2D eigenvalue weighted by Gasteiger charge is 2.28. The summed E-state index contributed by atoms with van der Waals surface area (Å²) in [4.78, 5) is 17.8. The number of pyridine rings is 1. The van der Waals surface area contributed by atoms with Crippen LogP contribution in [0, 0.1) is 5.82 Å². The van der Waals surface area contributed by atoms with E-state index in [9.17, 15) is 9.18 Å². The Kier molecular flexibility index (Phi) is 4.62. The molecule has 5 nitrogen and oxygen atoms in total. The van der Waals surface area contributed by atoms with Gasteiger partial charge in [-0.1, -0.05) is 11.6 Å². The van der Waals surface area contributed by atoms with E-state index in [-0.39, 0.29) is 18.0 Å². The number of hydrogen-bond acceptors (Lipinski definition) is 3. The van der Waals surface area contributed by atoms with Gasteiger partial charge in [-0.25, -0.2) is 9.18 Å². The first kappa shape index (κ1) is 15.6. The number of nitrogens with zero attached hydrogens (tertiary/aromatic N) is 2. The van der Waals surface area contributed by atoms with E-state index in [4.69, 9.17) is 16.3 Å². The Bertz CT molecular complexity index is 696. The molecule has 1 fully saturated rings. The van der Waals surface area contributed by atoms with Crippen molar-refractivity contribution in [3.8, 4) is 5.75 Å². The molecule has 23 heavy (non-hydrogen) atoms. The molecule has 0 unspecified atom stereocenters. The largest absolute Gasteiger partial charge is 0.487 e. The minimum Gasteiger partial charge on any atom is -0.487 e. The molecule has 2 aromatic rings. The number of likely N-dealkylation sites (tertiary alicyclic amines) is 1. The van der Waals surface area contributed by atoms with E-state index in [1.165, 1.54) is 30.5 Å². The summed E-state index contributed by atoms with van der Waals surface area (Å²) in [5, 5.41) is 3.18. The lowest BCUT2D eigenvalue weighted by Crippen LogP contribution is -2.34. The highest BCUT2D eigenvalue weighted by atomic mass is 35.5. The topological polar surface area (TPSA) is 54.5 Å². The van der Waals surface area contributed by atoms with Crippen LogP contribution >= 0.6 is 11.6 Å². The molecule has 120 valence electrons. The average molecular weight is 336 g/mol. The third kappa shape index (κ3) is 3.90. The van der Waals surface area contributed by atoms with E-state index in [2.05, 4.69) is 10.3 Å². The van der Waals surface area contributed by atoms with E-state index in [1.807, 2.05) is 0 Å². The molecule has 7 heteroatoms. The lowest BCUT2D eigenvalue weighted by atomic mass is 10.3. The van der Waals surface area contributed by atoms with Gasteiger partial charge in [-0.05, 0) is 24.3 Å². The van der Waals surface area contributed by atoms with Crippen LogP contribution in [0.5, 0.6) is 5.75 Å². The van der Waals surface area contributed by atoms with Crippen molar-refractivity contribution in [1.29, 1.82) is 0 Å². The Morgan fingerprint density at radius 2 is 2.13 bits per heavy atom. The van der Waals surface area contributed by atoms with Gasteiger partial charge in [-0.3, -0.25) is 4.98 Å². The maximum Gasteiger partial charge on any atom is 0.321 e. The molecule has 1 aromatic heterocycles. The predicted octanol–water partition coefficient (Wildman–Crippen LogP) is 3.56. The van der Waals surface area contributed by atoms with Gasteiger partial charge in [-0.2, -0.15) is 0 Å².